The zero-order valence-corrected chi connectivity index (χ0v) is 14.2. The molecule has 120 valence electrons. The number of amides is 1. The first-order valence-corrected chi connectivity index (χ1v) is 7.99. The molecule has 23 heavy (non-hydrogen) atoms. The topological polar surface area (TPSA) is 53.2 Å². The Hall–Kier alpha value is -2.40. The molecule has 0 unspecified atom stereocenters. The van der Waals surface area contributed by atoms with Gasteiger partial charge in [-0.2, -0.15) is 0 Å². The summed E-state index contributed by atoms with van der Waals surface area (Å²) in [5.41, 5.74) is 3.99. The summed E-state index contributed by atoms with van der Waals surface area (Å²) in [5, 5.41) is 9.35. The van der Waals surface area contributed by atoms with E-state index in [0.717, 1.165) is 28.9 Å². The lowest BCUT2D eigenvalue weighted by Gasteiger charge is -2.13. The van der Waals surface area contributed by atoms with Crippen LogP contribution in [0.15, 0.2) is 48.5 Å². The van der Waals surface area contributed by atoms with Crippen LogP contribution < -0.4 is 16.0 Å². The monoisotopic (exact) mass is 327 g/mol. The van der Waals surface area contributed by atoms with Crippen LogP contribution in [0.1, 0.15) is 18.1 Å². The first-order chi connectivity index (χ1) is 11.1. The predicted octanol–water partition coefficient (Wildman–Crippen LogP) is 3.48. The summed E-state index contributed by atoms with van der Waals surface area (Å²) in [5.74, 6) is -0.125. The highest BCUT2D eigenvalue weighted by Crippen LogP contribution is 2.15. The summed E-state index contributed by atoms with van der Waals surface area (Å²) in [4.78, 5) is 12.0. The molecule has 2 aromatic carbocycles. The number of anilines is 2. The molecule has 0 atom stereocenters. The van der Waals surface area contributed by atoms with Crippen molar-refractivity contribution in [2.45, 2.75) is 20.3 Å². The lowest BCUT2D eigenvalue weighted by Crippen LogP contribution is -2.35. The van der Waals surface area contributed by atoms with E-state index < -0.39 is 0 Å². The molecule has 0 aromatic heterocycles. The number of benzene rings is 2. The lowest BCUT2D eigenvalue weighted by atomic mass is 10.1. The number of hydrogen-bond donors (Lipinski definition) is 3. The van der Waals surface area contributed by atoms with Crippen LogP contribution >= 0.6 is 12.2 Å². The van der Waals surface area contributed by atoms with Crippen molar-refractivity contribution in [3.05, 3.63) is 59.7 Å². The highest BCUT2D eigenvalue weighted by molar-refractivity contribution is 7.80. The number of aryl methyl sites for hydroxylation is 2. The normalized spacial score (nSPS) is 10.0. The molecule has 4 nitrogen and oxygen atoms in total. The van der Waals surface area contributed by atoms with Crippen molar-refractivity contribution >= 4 is 34.6 Å². The van der Waals surface area contributed by atoms with E-state index in [2.05, 4.69) is 22.9 Å². The minimum atomic E-state index is -0.125. The fourth-order valence-electron chi connectivity index (χ4n) is 2.19. The van der Waals surface area contributed by atoms with Crippen LogP contribution in [0.5, 0.6) is 0 Å². The summed E-state index contributed by atoms with van der Waals surface area (Å²) in [6.45, 7) is 4.18. The number of carbonyl (C=O) groups excluding carboxylic acids is 1. The number of thiocarbonyl (C=S) groups is 1. The van der Waals surface area contributed by atoms with Gasteiger partial charge in [-0.25, -0.2) is 0 Å². The Balaban J connectivity index is 1.84. The van der Waals surface area contributed by atoms with Crippen molar-refractivity contribution in [2.24, 2.45) is 0 Å². The average molecular weight is 327 g/mol. The zero-order chi connectivity index (χ0) is 16.7. The van der Waals surface area contributed by atoms with Gasteiger partial charge in [0.05, 0.1) is 6.54 Å². The van der Waals surface area contributed by atoms with Crippen molar-refractivity contribution in [3.63, 3.8) is 0 Å². The van der Waals surface area contributed by atoms with Crippen LogP contribution in [0.25, 0.3) is 0 Å². The molecule has 2 aromatic rings. The van der Waals surface area contributed by atoms with Gasteiger partial charge in [0.15, 0.2) is 5.11 Å². The highest BCUT2D eigenvalue weighted by Gasteiger charge is 2.07. The van der Waals surface area contributed by atoms with Gasteiger partial charge in [0.1, 0.15) is 0 Å². The second-order valence-electron chi connectivity index (χ2n) is 5.18. The fraction of sp³-hybridized carbons (Fsp3) is 0.222. The summed E-state index contributed by atoms with van der Waals surface area (Å²) in [7, 11) is 0. The highest BCUT2D eigenvalue weighted by atomic mass is 32.1. The molecule has 0 fully saturated rings. The minimum Gasteiger partial charge on any atom is -0.353 e. The Morgan fingerprint density at radius 1 is 1.00 bits per heavy atom. The molecular formula is C18H21N3OS. The Labute approximate surface area is 142 Å². The third-order valence-electron chi connectivity index (χ3n) is 3.48. The van der Waals surface area contributed by atoms with Gasteiger partial charge < -0.3 is 16.0 Å². The predicted molar refractivity (Wildman–Crippen MR) is 99.9 cm³/mol. The second kappa shape index (κ2) is 8.29. The lowest BCUT2D eigenvalue weighted by molar-refractivity contribution is -0.115. The van der Waals surface area contributed by atoms with Crippen molar-refractivity contribution in [2.75, 3.05) is 17.2 Å². The Morgan fingerprint density at radius 2 is 1.65 bits per heavy atom. The minimum absolute atomic E-state index is 0.121. The quantitative estimate of drug-likeness (QED) is 0.736. The van der Waals surface area contributed by atoms with Gasteiger partial charge in [-0.3, -0.25) is 4.79 Å². The molecule has 3 N–H and O–H groups in total. The first-order valence-electron chi connectivity index (χ1n) is 7.58. The van der Waals surface area contributed by atoms with Gasteiger partial charge in [-0.1, -0.05) is 43.3 Å². The van der Waals surface area contributed by atoms with E-state index in [0.29, 0.717) is 5.11 Å². The van der Waals surface area contributed by atoms with E-state index in [4.69, 9.17) is 12.2 Å². The zero-order valence-electron chi connectivity index (χ0n) is 13.3. The average Bonchev–Trinajstić information content (AvgIpc) is 2.55. The summed E-state index contributed by atoms with van der Waals surface area (Å²) in [6.07, 6.45) is 0.872. The van der Waals surface area contributed by atoms with Crippen LogP contribution in [0.4, 0.5) is 11.4 Å². The van der Waals surface area contributed by atoms with E-state index in [9.17, 15) is 4.79 Å². The van der Waals surface area contributed by atoms with Gasteiger partial charge in [0.2, 0.25) is 5.91 Å². The Morgan fingerprint density at radius 3 is 2.35 bits per heavy atom. The number of para-hydroxylation sites is 2. The molecule has 2 rings (SSSR count). The molecule has 0 saturated carbocycles. The number of nitrogens with one attached hydrogen (secondary N) is 3. The summed E-state index contributed by atoms with van der Waals surface area (Å²) >= 11 is 5.23. The molecule has 1 amide bonds. The third-order valence-corrected chi connectivity index (χ3v) is 3.72. The van der Waals surface area contributed by atoms with E-state index in [-0.39, 0.29) is 12.5 Å². The SMILES string of the molecule is CCc1ccccc1NC(=O)CNC(=S)Nc1ccccc1C. The van der Waals surface area contributed by atoms with Gasteiger partial charge in [-0.15, -0.1) is 0 Å². The van der Waals surface area contributed by atoms with E-state index in [1.54, 1.807) is 0 Å². The van der Waals surface area contributed by atoms with Gasteiger partial charge in [-0.05, 0) is 48.8 Å². The van der Waals surface area contributed by atoms with Crippen molar-refractivity contribution in [1.82, 2.24) is 5.32 Å². The Kier molecular flexibility index (Phi) is 6.11. The fourth-order valence-corrected chi connectivity index (χ4v) is 2.37. The largest absolute Gasteiger partial charge is 0.353 e. The summed E-state index contributed by atoms with van der Waals surface area (Å²) in [6, 6.07) is 15.6. The maximum Gasteiger partial charge on any atom is 0.243 e. The van der Waals surface area contributed by atoms with Crippen LogP contribution in [0.3, 0.4) is 0 Å². The number of carbonyl (C=O) groups is 1. The molecule has 0 heterocycles. The first kappa shape index (κ1) is 17.0. The van der Waals surface area contributed by atoms with Crippen molar-refractivity contribution in [3.8, 4) is 0 Å². The van der Waals surface area contributed by atoms with Gasteiger partial charge in [0.25, 0.3) is 0 Å². The molecular weight excluding hydrogens is 306 g/mol. The maximum absolute atomic E-state index is 12.0. The molecule has 0 saturated heterocycles. The van der Waals surface area contributed by atoms with E-state index >= 15 is 0 Å². The molecule has 0 aliphatic heterocycles. The van der Waals surface area contributed by atoms with Gasteiger partial charge in [0, 0.05) is 11.4 Å². The summed E-state index contributed by atoms with van der Waals surface area (Å²) < 4.78 is 0. The number of rotatable bonds is 5. The molecule has 0 aliphatic carbocycles. The van der Waals surface area contributed by atoms with Crippen LogP contribution in [-0.4, -0.2) is 17.6 Å². The third kappa shape index (κ3) is 5.07. The Bertz CT molecular complexity index is 700. The molecule has 0 bridgehead atoms. The van der Waals surface area contributed by atoms with Crippen molar-refractivity contribution < 1.29 is 4.79 Å². The van der Waals surface area contributed by atoms with Crippen LogP contribution in [-0.2, 0) is 11.2 Å². The number of hydrogen-bond acceptors (Lipinski definition) is 2. The second-order valence-corrected chi connectivity index (χ2v) is 5.59. The van der Waals surface area contributed by atoms with Crippen LogP contribution in [0, 0.1) is 6.92 Å². The van der Waals surface area contributed by atoms with Crippen LogP contribution in [0.2, 0.25) is 0 Å². The van der Waals surface area contributed by atoms with Gasteiger partial charge >= 0.3 is 0 Å². The smallest absolute Gasteiger partial charge is 0.243 e. The molecule has 0 spiro atoms. The van der Waals surface area contributed by atoms with E-state index in [1.807, 2.05) is 55.5 Å². The maximum atomic E-state index is 12.0. The van der Waals surface area contributed by atoms with E-state index in [1.165, 1.54) is 0 Å². The molecule has 5 heteroatoms. The molecule has 0 radical (unpaired) electrons. The standard InChI is InChI=1S/C18H21N3OS/c1-3-14-9-5-7-11-16(14)20-17(22)12-19-18(23)21-15-10-6-4-8-13(15)2/h4-11H,3,12H2,1-2H3,(H,20,22)(H2,19,21,23). The molecule has 0 aliphatic rings. The van der Waals surface area contributed by atoms with Crippen molar-refractivity contribution in [1.29, 1.82) is 0 Å².